The monoisotopic (exact) mass is 356 g/mol. The fourth-order valence-corrected chi connectivity index (χ4v) is 4.34. The summed E-state index contributed by atoms with van der Waals surface area (Å²) in [6, 6.07) is 10.2. The maximum atomic E-state index is 12.5. The van der Waals surface area contributed by atoms with Gasteiger partial charge in [-0.1, -0.05) is 29.8 Å². The number of rotatable bonds is 4. The normalized spacial score (nSPS) is 16.2. The van der Waals surface area contributed by atoms with Crippen LogP contribution in [0, 0.1) is 12.8 Å². The van der Waals surface area contributed by atoms with Crippen molar-refractivity contribution in [2.24, 2.45) is 5.92 Å². The zero-order valence-electron chi connectivity index (χ0n) is 15.0. The second-order valence-corrected chi connectivity index (χ2v) is 8.04. The highest BCUT2D eigenvalue weighted by molar-refractivity contribution is 7.14. The second kappa shape index (κ2) is 7.40. The van der Waals surface area contributed by atoms with Gasteiger partial charge in [0.2, 0.25) is 5.91 Å². The number of amides is 2. The van der Waals surface area contributed by atoms with Gasteiger partial charge in [0.1, 0.15) is 0 Å². The van der Waals surface area contributed by atoms with E-state index >= 15 is 0 Å². The van der Waals surface area contributed by atoms with Crippen LogP contribution in [0.15, 0.2) is 30.3 Å². The summed E-state index contributed by atoms with van der Waals surface area (Å²) >= 11 is 1.57. The lowest BCUT2D eigenvalue weighted by Gasteiger charge is -2.21. The standard InChI is InChI=1S/C20H24N2O2S/c1-13-4-6-14(7-5-13)12-21-19(23)15-8-9-17-16(10-15)11-18(25-17)20(24)22(2)3/h4-7,11,15H,8-10,12H2,1-3H3,(H,21,23)/t15-/m1/s1. The number of hydrogen-bond acceptors (Lipinski definition) is 3. The fourth-order valence-electron chi connectivity index (χ4n) is 3.11. The van der Waals surface area contributed by atoms with Gasteiger partial charge in [-0.15, -0.1) is 11.3 Å². The lowest BCUT2D eigenvalue weighted by atomic mass is 9.87. The van der Waals surface area contributed by atoms with Crippen LogP contribution in [0.2, 0.25) is 0 Å². The van der Waals surface area contributed by atoms with Gasteiger partial charge in [-0.05, 0) is 43.4 Å². The summed E-state index contributed by atoms with van der Waals surface area (Å²) in [5.41, 5.74) is 3.50. The number of aryl methyl sites for hydroxylation is 2. The predicted molar refractivity (Wildman–Crippen MR) is 101 cm³/mol. The summed E-state index contributed by atoms with van der Waals surface area (Å²) in [5, 5.41) is 3.06. The smallest absolute Gasteiger partial charge is 0.263 e. The number of nitrogens with zero attached hydrogens (tertiary/aromatic N) is 1. The maximum Gasteiger partial charge on any atom is 0.263 e. The zero-order valence-corrected chi connectivity index (χ0v) is 15.8. The number of nitrogens with one attached hydrogen (secondary N) is 1. The molecule has 1 aromatic carbocycles. The molecule has 1 atom stereocenters. The van der Waals surface area contributed by atoms with Crippen molar-refractivity contribution in [2.75, 3.05) is 14.1 Å². The molecular formula is C20H24N2O2S. The number of hydrogen-bond donors (Lipinski definition) is 1. The van der Waals surface area contributed by atoms with E-state index in [2.05, 4.69) is 24.4 Å². The Balaban J connectivity index is 1.61. The summed E-state index contributed by atoms with van der Waals surface area (Å²) in [7, 11) is 3.53. The van der Waals surface area contributed by atoms with Crippen molar-refractivity contribution in [3.63, 3.8) is 0 Å². The maximum absolute atomic E-state index is 12.5. The number of thiophene rings is 1. The molecule has 0 aliphatic heterocycles. The number of fused-ring (bicyclic) bond motifs is 1. The van der Waals surface area contributed by atoms with Crippen LogP contribution >= 0.6 is 11.3 Å². The van der Waals surface area contributed by atoms with Crippen molar-refractivity contribution in [2.45, 2.75) is 32.7 Å². The molecular weight excluding hydrogens is 332 g/mol. The van der Waals surface area contributed by atoms with Gasteiger partial charge in [0.15, 0.2) is 0 Å². The highest BCUT2D eigenvalue weighted by Gasteiger charge is 2.27. The molecule has 1 heterocycles. The van der Waals surface area contributed by atoms with E-state index in [1.54, 1.807) is 30.3 Å². The lowest BCUT2D eigenvalue weighted by Crippen LogP contribution is -2.33. The highest BCUT2D eigenvalue weighted by Crippen LogP contribution is 2.33. The molecule has 1 aliphatic rings. The first-order valence-electron chi connectivity index (χ1n) is 8.60. The molecule has 0 bridgehead atoms. The van der Waals surface area contributed by atoms with Crippen molar-refractivity contribution in [1.29, 1.82) is 0 Å². The minimum Gasteiger partial charge on any atom is -0.352 e. The Labute approximate surface area is 152 Å². The molecule has 0 radical (unpaired) electrons. The molecule has 5 heteroatoms. The van der Waals surface area contributed by atoms with Crippen LogP contribution < -0.4 is 5.32 Å². The quantitative estimate of drug-likeness (QED) is 0.915. The fraction of sp³-hybridized carbons (Fsp3) is 0.400. The van der Waals surface area contributed by atoms with Gasteiger partial charge < -0.3 is 10.2 Å². The van der Waals surface area contributed by atoms with Crippen molar-refractivity contribution in [1.82, 2.24) is 10.2 Å². The number of carbonyl (C=O) groups is 2. The Morgan fingerprint density at radius 3 is 2.64 bits per heavy atom. The van der Waals surface area contributed by atoms with Gasteiger partial charge in [0.25, 0.3) is 5.91 Å². The molecule has 1 N–H and O–H groups in total. The molecule has 0 saturated carbocycles. The van der Waals surface area contributed by atoms with E-state index in [1.165, 1.54) is 10.4 Å². The molecule has 1 aromatic heterocycles. The van der Waals surface area contributed by atoms with Crippen LogP contribution in [-0.4, -0.2) is 30.8 Å². The molecule has 0 fully saturated rings. The van der Waals surface area contributed by atoms with E-state index in [0.717, 1.165) is 35.3 Å². The third kappa shape index (κ3) is 4.10. The molecule has 1 aliphatic carbocycles. The van der Waals surface area contributed by atoms with E-state index in [0.29, 0.717) is 6.54 Å². The Morgan fingerprint density at radius 1 is 1.24 bits per heavy atom. The first-order valence-corrected chi connectivity index (χ1v) is 9.42. The average molecular weight is 356 g/mol. The largest absolute Gasteiger partial charge is 0.352 e. The molecule has 0 saturated heterocycles. The van der Waals surface area contributed by atoms with Crippen molar-refractivity contribution < 1.29 is 9.59 Å². The third-order valence-corrected chi connectivity index (χ3v) is 5.88. The van der Waals surface area contributed by atoms with E-state index in [1.807, 2.05) is 18.2 Å². The molecule has 2 aromatic rings. The Kier molecular flexibility index (Phi) is 5.23. The summed E-state index contributed by atoms with van der Waals surface area (Å²) in [5.74, 6) is 0.146. The van der Waals surface area contributed by atoms with Gasteiger partial charge in [0.05, 0.1) is 4.88 Å². The minimum absolute atomic E-state index is 0.00476. The molecule has 4 nitrogen and oxygen atoms in total. The molecule has 132 valence electrons. The van der Waals surface area contributed by atoms with Crippen LogP contribution in [0.1, 0.15) is 37.7 Å². The summed E-state index contributed by atoms with van der Waals surface area (Å²) in [6.07, 6.45) is 2.46. The summed E-state index contributed by atoms with van der Waals surface area (Å²) in [4.78, 5) is 28.3. The van der Waals surface area contributed by atoms with Gasteiger partial charge >= 0.3 is 0 Å². The second-order valence-electron chi connectivity index (χ2n) is 6.90. The van der Waals surface area contributed by atoms with E-state index < -0.39 is 0 Å². The van der Waals surface area contributed by atoms with Gasteiger partial charge in [-0.2, -0.15) is 0 Å². The SMILES string of the molecule is Cc1ccc(CNC(=O)[C@@H]2CCc3sc(C(=O)N(C)C)cc3C2)cc1. The highest BCUT2D eigenvalue weighted by atomic mass is 32.1. The van der Waals surface area contributed by atoms with Crippen LogP contribution in [0.25, 0.3) is 0 Å². The first kappa shape index (κ1) is 17.7. The topological polar surface area (TPSA) is 49.4 Å². The Hall–Kier alpha value is -2.14. The van der Waals surface area contributed by atoms with Gasteiger partial charge in [0, 0.05) is 31.4 Å². The third-order valence-electron chi connectivity index (χ3n) is 4.66. The minimum atomic E-state index is -0.00476. The van der Waals surface area contributed by atoms with E-state index in [9.17, 15) is 9.59 Å². The predicted octanol–water partition coefficient (Wildman–Crippen LogP) is 3.18. The zero-order chi connectivity index (χ0) is 18.0. The molecule has 0 unspecified atom stereocenters. The van der Waals surface area contributed by atoms with E-state index in [4.69, 9.17) is 0 Å². The number of benzene rings is 1. The molecule has 25 heavy (non-hydrogen) atoms. The number of carbonyl (C=O) groups excluding carboxylic acids is 2. The summed E-state index contributed by atoms with van der Waals surface area (Å²) in [6.45, 7) is 2.62. The van der Waals surface area contributed by atoms with Crippen molar-refractivity contribution >= 4 is 23.2 Å². The van der Waals surface area contributed by atoms with Crippen LogP contribution in [0.4, 0.5) is 0 Å². The molecule has 3 rings (SSSR count). The van der Waals surface area contributed by atoms with Crippen LogP contribution in [0.3, 0.4) is 0 Å². The van der Waals surface area contributed by atoms with Gasteiger partial charge in [-0.25, -0.2) is 0 Å². The van der Waals surface area contributed by atoms with Crippen LogP contribution in [0.5, 0.6) is 0 Å². The van der Waals surface area contributed by atoms with Crippen LogP contribution in [-0.2, 0) is 24.2 Å². The molecule has 2 amide bonds. The van der Waals surface area contributed by atoms with Crippen molar-refractivity contribution in [3.05, 3.63) is 56.8 Å². The summed E-state index contributed by atoms with van der Waals surface area (Å²) < 4.78 is 0. The van der Waals surface area contributed by atoms with Gasteiger partial charge in [-0.3, -0.25) is 9.59 Å². The van der Waals surface area contributed by atoms with Crippen molar-refractivity contribution in [3.8, 4) is 0 Å². The average Bonchev–Trinajstić information content (AvgIpc) is 3.03. The van der Waals surface area contributed by atoms with E-state index in [-0.39, 0.29) is 17.7 Å². The Morgan fingerprint density at radius 2 is 1.96 bits per heavy atom. The molecule has 0 spiro atoms. The Bertz CT molecular complexity index is 777. The first-order chi connectivity index (χ1) is 11.9. The lowest BCUT2D eigenvalue weighted by molar-refractivity contribution is -0.125.